The Morgan fingerprint density at radius 2 is 0.596 bits per heavy atom. The van der Waals surface area contributed by atoms with Gasteiger partial charge < -0.3 is 0 Å². The third-order valence-electron chi connectivity index (χ3n) is 9.61. The molecular weight excluding hydrogens is 631 g/mol. The molecule has 0 aliphatic carbocycles. The van der Waals surface area contributed by atoms with E-state index < -0.39 is 0 Å². The lowest BCUT2D eigenvalue weighted by Crippen LogP contribution is -1.97. The van der Waals surface area contributed by atoms with Crippen LogP contribution >= 0.6 is 0 Å². The van der Waals surface area contributed by atoms with Gasteiger partial charge in [0.2, 0.25) is 0 Å². The highest BCUT2D eigenvalue weighted by atomic mass is 14.8. The summed E-state index contributed by atoms with van der Waals surface area (Å²) in [5.74, 6) is 0. The van der Waals surface area contributed by atoms with E-state index in [9.17, 15) is 0 Å². The summed E-state index contributed by atoms with van der Waals surface area (Å²) in [6, 6.07) is 66.1. The number of benzene rings is 7. The summed E-state index contributed by atoms with van der Waals surface area (Å²) < 4.78 is 0. The Hall–Kier alpha value is -6.97. The zero-order valence-corrected chi connectivity index (χ0v) is 28.4. The number of hydrogen-bond donors (Lipinski definition) is 0. The van der Waals surface area contributed by atoms with Gasteiger partial charge in [-0.25, -0.2) is 9.97 Å². The Kier molecular flexibility index (Phi) is 8.20. The number of rotatable bonds is 7. The third kappa shape index (κ3) is 6.17. The molecule has 0 aliphatic rings. The van der Waals surface area contributed by atoms with Gasteiger partial charge >= 0.3 is 0 Å². The fourth-order valence-corrected chi connectivity index (χ4v) is 6.88. The Morgan fingerprint density at radius 3 is 1.02 bits per heavy atom. The van der Waals surface area contributed by atoms with Gasteiger partial charge in [-0.05, 0) is 73.8 Å². The van der Waals surface area contributed by atoms with E-state index in [1.54, 1.807) is 6.20 Å². The number of hydrogen-bond acceptors (Lipinski definition) is 3. The summed E-state index contributed by atoms with van der Waals surface area (Å²) in [7, 11) is 0. The van der Waals surface area contributed by atoms with E-state index in [0.29, 0.717) is 0 Å². The number of nitrogens with zero attached hydrogens (tertiary/aromatic N) is 3. The van der Waals surface area contributed by atoms with Gasteiger partial charge in [-0.15, -0.1) is 0 Å². The van der Waals surface area contributed by atoms with Crippen LogP contribution in [0.5, 0.6) is 0 Å². The van der Waals surface area contributed by atoms with Crippen molar-refractivity contribution in [2.45, 2.75) is 0 Å². The molecule has 52 heavy (non-hydrogen) atoms. The Balaban J connectivity index is 1.22. The van der Waals surface area contributed by atoms with Crippen molar-refractivity contribution >= 4 is 11.0 Å². The number of pyridine rings is 1. The molecule has 9 aromatic rings. The molecular formula is C49H33N3. The highest BCUT2D eigenvalue weighted by Gasteiger charge is 2.17. The van der Waals surface area contributed by atoms with Crippen LogP contribution in [0.15, 0.2) is 200 Å². The molecule has 9 rings (SSSR count). The van der Waals surface area contributed by atoms with Gasteiger partial charge in [0.1, 0.15) is 0 Å². The van der Waals surface area contributed by atoms with Crippen molar-refractivity contribution in [1.82, 2.24) is 15.0 Å². The van der Waals surface area contributed by atoms with E-state index in [1.165, 1.54) is 22.3 Å². The minimum atomic E-state index is 0.845. The van der Waals surface area contributed by atoms with Crippen LogP contribution < -0.4 is 0 Å². The van der Waals surface area contributed by atoms with Crippen LogP contribution in [-0.2, 0) is 0 Å². The quantitative estimate of drug-likeness (QED) is 0.170. The van der Waals surface area contributed by atoms with Crippen molar-refractivity contribution in [2.75, 3.05) is 0 Å². The van der Waals surface area contributed by atoms with Crippen molar-refractivity contribution < 1.29 is 0 Å². The standard InChI is InChI=1S/C49H33N3/c1-4-11-34(12-5-1)36-18-24-39(25-19-36)44-31-46-47(32-45(44)40-26-20-37(21-27-40)35-13-6-2-7-14-35)52-49(48(51-46)41-15-8-3-9-16-41)42-28-22-38(23-29-42)43-17-10-30-50-33-43/h1-33H. The molecule has 3 heteroatoms. The first-order chi connectivity index (χ1) is 25.8. The average Bonchev–Trinajstić information content (AvgIpc) is 3.24. The molecule has 0 spiro atoms. The zero-order chi connectivity index (χ0) is 34.7. The second kappa shape index (κ2) is 13.7. The fourth-order valence-electron chi connectivity index (χ4n) is 6.88. The lowest BCUT2D eigenvalue weighted by molar-refractivity contribution is 1.29. The Labute approximate surface area is 303 Å². The summed E-state index contributed by atoms with van der Waals surface area (Å²) in [5.41, 5.74) is 16.9. The predicted molar refractivity (Wildman–Crippen MR) is 215 cm³/mol. The first kappa shape index (κ1) is 31.0. The summed E-state index contributed by atoms with van der Waals surface area (Å²) in [6.07, 6.45) is 3.69. The minimum Gasteiger partial charge on any atom is -0.264 e. The maximum Gasteiger partial charge on any atom is 0.0973 e. The summed E-state index contributed by atoms with van der Waals surface area (Å²) in [4.78, 5) is 15.1. The first-order valence-corrected chi connectivity index (χ1v) is 17.5. The maximum atomic E-state index is 5.39. The SMILES string of the molecule is c1ccc(-c2ccc(-c3cc4nc(-c5ccccc5)c(-c5ccc(-c6cccnc6)cc5)nc4cc3-c3ccc(-c4ccccc4)cc3)cc2)cc1. The van der Waals surface area contributed by atoms with E-state index in [1.807, 2.05) is 18.3 Å². The molecule has 244 valence electrons. The van der Waals surface area contributed by atoms with E-state index >= 15 is 0 Å². The molecule has 0 saturated carbocycles. The second-order valence-corrected chi connectivity index (χ2v) is 12.9. The molecule has 3 nitrogen and oxygen atoms in total. The molecule has 0 N–H and O–H groups in total. The van der Waals surface area contributed by atoms with Crippen molar-refractivity contribution in [3.8, 4) is 78.1 Å². The largest absolute Gasteiger partial charge is 0.264 e. The highest BCUT2D eigenvalue weighted by molar-refractivity contribution is 5.96. The van der Waals surface area contributed by atoms with Gasteiger partial charge in [-0.2, -0.15) is 0 Å². The lowest BCUT2D eigenvalue weighted by Gasteiger charge is -2.16. The second-order valence-electron chi connectivity index (χ2n) is 12.9. The van der Waals surface area contributed by atoms with E-state index in [-0.39, 0.29) is 0 Å². The third-order valence-corrected chi connectivity index (χ3v) is 9.61. The van der Waals surface area contributed by atoms with Crippen molar-refractivity contribution in [3.05, 3.63) is 200 Å². The average molecular weight is 664 g/mol. The highest BCUT2D eigenvalue weighted by Crippen LogP contribution is 2.39. The van der Waals surface area contributed by atoms with E-state index in [0.717, 1.165) is 66.9 Å². The van der Waals surface area contributed by atoms with Gasteiger partial charge in [0.25, 0.3) is 0 Å². The van der Waals surface area contributed by atoms with Crippen molar-refractivity contribution in [3.63, 3.8) is 0 Å². The Morgan fingerprint density at radius 1 is 0.269 bits per heavy atom. The molecule has 7 aromatic carbocycles. The van der Waals surface area contributed by atoms with Gasteiger partial charge in [-0.3, -0.25) is 4.98 Å². The molecule has 0 amide bonds. The number of fused-ring (bicyclic) bond motifs is 1. The van der Waals surface area contributed by atoms with Crippen LogP contribution in [-0.4, -0.2) is 15.0 Å². The van der Waals surface area contributed by atoms with Gasteiger partial charge in [-0.1, -0.05) is 170 Å². The summed E-state index contributed by atoms with van der Waals surface area (Å²) in [5, 5.41) is 0. The van der Waals surface area contributed by atoms with E-state index in [4.69, 9.17) is 9.97 Å². The first-order valence-electron chi connectivity index (χ1n) is 17.5. The van der Waals surface area contributed by atoms with E-state index in [2.05, 4.69) is 181 Å². The van der Waals surface area contributed by atoms with Crippen molar-refractivity contribution in [1.29, 1.82) is 0 Å². The zero-order valence-electron chi connectivity index (χ0n) is 28.4. The van der Waals surface area contributed by atoms with Crippen LogP contribution in [0, 0.1) is 0 Å². The molecule has 0 saturated heterocycles. The smallest absolute Gasteiger partial charge is 0.0973 e. The minimum absolute atomic E-state index is 0.845. The predicted octanol–water partition coefficient (Wildman–Crippen LogP) is 12.7. The number of aromatic nitrogens is 3. The summed E-state index contributed by atoms with van der Waals surface area (Å²) >= 11 is 0. The Bertz CT molecular complexity index is 2600. The molecule has 2 heterocycles. The molecule has 0 fully saturated rings. The fraction of sp³-hybridized carbons (Fsp3) is 0. The molecule has 0 unspecified atom stereocenters. The van der Waals surface area contributed by atoms with Crippen LogP contribution in [0.4, 0.5) is 0 Å². The van der Waals surface area contributed by atoms with Crippen LogP contribution in [0.2, 0.25) is 0 Å². The van der Waals surface area contributed by atoms with Crippen LogP contribution in [0.25, 0.3) is 89.2 Å². The molecule has 2 aromatic heterocycles. The molecule has 0 bridgehead atoms. The van der Waals surface area contributed by atoms with Crippen molar-refractivity contribution in [2.24, 2.45) is 0 Å². The molecule has 0 atom stereocenters. The maximum absolute atomic E-state index is 5.39. The van der Waals surface area contributed by atoms with Gasteiger partial charge in [0, 0.05) is 23.5 Å². The topological polar surface area (TPSA) is 38.7 Å². The van der Waals surface area contributed by atoms with Gasteiger partial charge in [0.05, 0.1) is 22.4 Å². The normalized spacial score (nSPS) is 11.1. The monoisotopic (exact) mass is 663 g/mol. The molecule has 0 radical (unpaired) electrons. The lowest BCUT2D eigenvalue weighted by atomic mass is 9.91. The van der Waals surface area contributed by atoms with Gasteiger partial charge in [0.15, 0.2) is 0 Å². The van der Waals surface area contributed by atoms with Crippen LogP contribution in [0.3, 0.4) is 0 Å². The van der Waals surface area contributed by atoms with Crippen LogP contribution in [0.1, 0.15) is 0 Å². The summed E-state index contributed by atoms with van der Waals surface area (Å²) in [6.45, 7) is 0. The molecule has 0 aliphatic heterocycles.